The molecule has 0 unspecified atom stereocenters. The molecule has 1 atom stereocenters. The largest absolute Gasteiger partial charge is 0.453 e. The van der Waals surface area contributed by atoms with E-state index in [1.54, 1.807) is 30.3 Å². The summed E-state index contributed by atoms with van der Waals surface area (Å²) in [5.41, 5.74) is -0.425. The highest BCUT2D eigenvalue weighted by Gasteiger charge is 2.52. The van der Waals surface area contributed by atoms with Gasteiger partial charge in [-0.15, -0.1) is 0 Å². The van der Waals surface area contributed by atoms with E-state index >= 15 is 0 Å². The van der Waals surface area contributed by atoms with E-state index in [4.69, 9.17) is 4.74 Å². The van der Waals surface area contributed by atoms with Crippen molar-refractivity contribution in [2.24, 2.45) is 0 Å². The first kappa shape index (κ1) is 17.1. The molecular formula is C18H20N2O5. The number of nitrogens with one attached hydrogen (secondary N) is 1. The lowest BCUT2D eigenvalue weighted by Crippen LogP contribution is -2.44. The Kier molecular flexibility index (Phi) is 4.57. The maximum Gasteiger partial charge on any atom is 0.326 e. The fraction of sp³-hybridized carbons (Fsp3) is 0.444. The lowest BCUT2D eigenvalue weighted by atomic mass is 9.98. The van der Waals surface area contributed by atoms with E-state index < -0.39 is 30.2 Å². The molecule has 1 saturated carbocycles. The number of imide groups is 1. The van der Waals surface area contributed by atoms with Gasteiger partial charge in [0.2, 0.25) is 5.78 Å². The fourth-order valence-electron chi connectivity index (χ4n) is 3.39. The molecule has 0 aromatic heterocycles. The van der Waals surface area contributed by atoms with Crippen molar-refractivity contribution < 1.29 is 23.9 Å². The Labute approximate surface area is 145 Å². The number of rotatable bonds is 5. The van der Waals surface area contributed by atoms with Crippen LogP contribution in [0.5, 0.6) is 0 Å². The number of hydrogen-bond acceptors (Lipinski definition) is 5. The van der Waals surface area contributed by atoms with Gasteiger partial charge < -0.3 is 10.1 Å². The molecule has 1 N–H and O–H groups in total. The molecule has 7 heteroatoms. The summed E-state index contributed by atoms with van der Waals surface area (Å²) in [6, 6.07) is 7.91. The summed E-state index contributed by atoms with van der Waals surface area (Å²) in [5.74, 6) is -1.50. The number of esters is 1. The molecule has 1 heterocycles. The topological polar surface area (TPSA) is 92.8 Å². The van der Waals surface area contributed by atoms with Gasteiger partial charge in [-0.1, -0.05) is 43.2 Å². The molecule has 132 valence electrons. The minimum atomic E-state index is -0.990. The van der Waals surface area contributed by atoms with Gasteiger partial charge in [0.15, 0.2) is 6.10 Å². The first-order valence-electron chi connectivity index (χ1n) is 8.36. The van der Waals surface area contributed by atoms with Gasteiger partial charge in [-0.25, -0.2) is 4.79 Å². The summed E-state index contributed by atoms with van der Waals surface area (Å²) in [6.45, 7) is 0.983. The molecule has 0 radical (unpaired) electrons. The number of ketones is 1. The number of ether oxygens (including phenoxy) is 1. The molecule has 2 fully saturated rings. The third-order valence-electron chi connectivity index (χ3n) is 4.73. The van der Waals surface area contributed by atoms with Crippen LogP contribution in [-0.4, -0.2) is 46.8 Å². The van der Waals surface area contributed by atoms with Gasteiger partial charge in [0, 0.05) is 5.56 Å². The molecule has 1 aromatic rings. The maximum absolute atomic E-state index is 12.5. The van der Waals surface area contributed by atoms with Crippen LogP contribution in [0.4, 0.5) is 4.79 Å². The van der Waals surface area contributed by atoms with E-state index in [1.165, 1.54) is 6.92 Å². The number of hydrogen-bond donors (Lipinski definition) is 1. The quantitative estimate of drug-likeness (QED) is 0.498. The van der Waals surface area contributed by atoms with E-state index in [1.807, 2.05) is 0 Å². The van der Waals surface area contributed by atoms with Crippen LogP contribution in [0.1, 0.15) is 43.0 Å². The monoisotopic (exact) mass is 344 g/mol. The third-order valence-corrected chi connectivity index (χ3v) is 4.73. The number of amides is 3. The third kappa shape index (κ3) is 3.26. The van der Waals surface area contributed by atoms with E-state index in [9.17, 15) is 19.2 Å². The van der Waals surface area contributed by atoms with Crippen molar-refractivity contribution in [2.75, 3.05) is 6.54 Å². The van der Waals surface area contributed by atoms with E-state index in [2.05, 4.69) is 5.32 Å². The van der Waals surface area contributed by atoms with Gasteiger partial charge in [0.1, 0.15) is 12.1 Å². The number of benzene rings is 1. The molecule has 1 spiro atoms. The average Bonchev–Trinajstić information content (AvgIpc) is 3.16. The number of carbonyl (C=O) groups is 4. The van der Waals surface area contributed by atoms with Crippen LogP contribution >= 0.6 is 0 Å². The van der Waals surface area contributed by atoms with Crippen molar-refractivity contribution in [3.63, 3.8) is 0 Å². The normalized spacial score (nSPS) is 19.8. The Bertz CT molecular complexity index is 709. The van der Waals surface area contributed by atoms with Crippen molar-refractivity contribution >= 4 is 23.7 Å². The van der Waals surface area contributed by atoms with Crippen LogP contribution in [0, 0.1) is 0 Å². The molecule has 7 nitrogen and oxygen atoms in total. The Balaban J connectivity index is 1.60. The summed E-state index contributed by atoms with van der Waals surface area (Å²) in [7, 11) is 0. The predicted octanol–water partition coefficient (Wildman–Crippen LogP) is 1.67. The Morgan fingerprint density at radius 1 is 1.20 bits per heavy atom. The van der Waals surface area contributed by atoms with Crippen molar-refractivity contribution in [3.05, 3.63) is 35.9 Å². The molecule has 2 aliphatic rings. The second kappa shape index (κ2) is 6.66. The smallest absolute Gasteiger partial charge is 0.326 e. The van der Waals surface area contributed by atoms with Gasteiger partial charge in [-0.2, -0.15) is 0 Å². The fourth-order valence-corrected chi connectivity index (χ4v) is 3.39. The Hall–Kier alpha value is -2.70. The van der Waals surface area contributed by atoms with Crippen LogP contribution in [0.25, 0.3) is 0 Å². The molecular weight excluding hydrogens is 324 g/mol. The molecule has 25 heavy (non-hydrogen) atoms. The molecule has 1 aromatic carbocycles. The van der Waals surface area contributed by atoms with Crippen LogP contribution in [-0.2, 0) is 14.3 Å². The van der Waals surface area contributed by atoms with Crippen molar-refractivity contribution in [3.8, 4) is 0 Å². The van der Waals surface area contributed by atoms with Crippen LogP contribution in [0.3, 0.4) is 0 Å². The molecule has 0 bridgehead atoms. The second-order valence-corrected chi connectivity index (χ2v) is 6.47. The van der Waals surface area contributed by atoms with Crippen LogP contribution < -0.4 is 5.32 Å². The Morgan fingerprint density at radius 2 is 1.84 bits per heavy atom. The zero-order chi connectivity index (χ0) is 18.0. The van der Waals surface area contributed by atoms with Gasteiger partial charge >= 0.3 is 12.0 Å². The second-order valence-electron chi connectivity index (χ2n) is 6.47. The predicted molar refractivity (Wildman–Crippen MR) is 87.8 cm³/mol. The summed E-state index contributed by atoms with van der Waals surface area (Å²) in [5, 5.41) is 2.70. The average molecular weight is 344 g/mol. The highest BCUT2D eigenvalue weighted by Crippen LogP contribution is 2.34. The summed E-state index contributed by atoms with van der Waals surface area (Å²) in [4.78, 5) is 49.7. The zero-order valence-electron chi connectivity index (χ0n) is 14.0. The minimum absolute atomic E-state index is 0.335. The molecule has 1 aliphatic carbocycles. The minimum Gasteiger partial charge on any atom is -0.453 e. The number of carbonyl (C=O) groups excluding carboxylic acids is 4. The summed E-state index contributed by atoms with van der Waals surface area (Å²) in [6.07, 6.45) is 1.92. The van der Waals surface area contributed by atoms with Gasteiger partial charge in [-0.3, -0.25) is 19.3 Å². The van der Waals surface area contributed by atoms with Crippen LogP contribution in [0.2, 0.25) is 0 Å². The highest BCUT2D eigenvalue weighted by atomic mass is 16.5. The van der Waals surface area contributed by atoms with Crippen molar-refractivity contribution in [1.82, 2.24) is 10.2 Å². The lowest BCUT2D eigenvalue weighted by Gasteiger charge is -2.20. The zero-order valence-corrected chi connectivity index (χ0v) is 14.0. The van der Waals surface area contributed by atoms with Crippen molar-refractivity contribution in [1.29, 1.82) is 0 Å². The molecule has 3 amide bonds. The van der Waals surface area contributed by atoms with Crippen LogP contribution in [0.15, 0.2) is 30.3 Å². The van der Waals surface area contributed by atoms with Crippen molar-refractivity contribution in [2.45, 2.75) is 44.2 Å². The van der Waals surface area contributed by atoms with E-state index in [-0.39, 0.29) is 11.7 Å². The SMILES string of the molecule is C[C@H](OC(=O)CN1C(=O)NC2(CCCC2)C1=O)C(=O)c1ccccc1. The lowest BCUT2D eigenvalue weighted by molar-refractivity contribution is -0.149. The number of nitrogens with zero attached hydrogens (tertiary/aromatic N) is 1. The number of urea groups is 1. The standard InChI is InChI=1S/C18H20N2O5/c1-12(15(22)13-7-3-2-4-8-13)25-14(21)11-20-16(23)18(19-17(20)24)9-5-6-10-18/h2-4,7-8,12H,5-6,9-11H2,1H3,(H,19,24)/t12-/m0/s1. The Morgan fingerprint density at radius 3 is 2.48 bits per heavy atom. The van der Waals surface area contributed by atoms with E-state index in [0.717, 1.165) is 17.7 Å². The summed E-state index contributed by atoms with van der Waals surface area (Å²) < 4.78 is 5.11. The van der Waals surface area contributed by atoms with E-state index in [0.29, 0.717) is 18.4 Å². The molecule has 3 rings (SSSR count). The van der Waals surface area contributed by atoms with Gasteiger partial charge in [-0.05, 0) is 19.8 Å². The maximum atomic E-state index is 12.5. The highest BCUT2D eigenvalue weighted by molar-refractivity contribution is 6.09. The van der Waals surface area contributed by atoms with Gasteiger partial charge in [0.05, 0.1) is 0 Å². The first-order valence-corrected chi connectivity index (χ1v) is 8.36. The molecule has 1 aliphatic heterocycles. The summed E-state index contributed by atoms with van der Waals surface area (Å²) >= 11 is 0. The first-order chi connectivity index (χ1) is 11.9. The van der Waals surface area contributed by atoms with Gasteiger partial charge in [0.25, 0.3) is 5.91 Å². The number of Topliss-reactive ketones (excluding diaryl/α,β-unsaturated/α-hetero) is 1. The molecule has 1 saturated heterocycles.